The van der Waals surface area contributed by atoms with Crippen molar-refractivity contribution in [2.45, 2.75) is 52.4 Å². The average Bonchev–Trinajstić information content (AvgIpc) is 2.56. The maximum Gasteiger partial charge on any atom is 0.138 e. The molecule has 1 saturated heterocycles. The van der Waals surface area contributed by atoms with E-state index in [-0.39, 0.29) is 5.92 Å². The van der Waals surface area contributed by atoms with E-state index in [4.69, 9.17) is 9.47 Å². The Morgan fingerprint density at radius 1 is 1.09 bits per heavy atom. The molecule has 4 heteroatoms. The van der Waals surface area contributed by atoms with Gasteiger partial charge in [-0.2, -0.15) is 0 Å². The molecule has 0 amide bonds. The second-order valence-corrected chi connectivity index (χ2v) is 7.78. The molecule has 0 N–H and O–H groups in total. The van der Waals surface area contributed by atoms with E-state index in [2.05, 4.69) is 4.90 Å². The Morgan fingerprint density at radius 3 is 2.30 bits per heavy atom. The molecule has 1 spiro atoms. The van der Waals surface area contributed by atoms with E-state index in [1.165, 1.54) is 38.8 Å². The van der Waals surface area contributed by atoms with Crippen molar-refractivity contribution in [2.24, 2.45) is 17.3 Å². The minimum atomic E-state index is 0.203. The fourth-order valence-electron chi connectivity index (χ4n) is 4.18. The van der Waals surface area contributed by atoms with Gasteiger partial charge in [-0.25, -0.2) is 0 Å². The Kier molecular flexibility index (Phi) is 7.51. The van der Waals surface area contributed by atoms with Gasteiger partial charge in [-0.05, 0) is 57.0 Å². The third kappa shape index (κ3) is 5.54. The Labute approximate surface area is 141 Å². The number of hydrogen-bond acceptors (Lipinski definition) is 4. The summed E-state index contributed by atoms with van der Waals surface area (Å²) in [6, 6.07) is 0. The molecule has 134 valence electrons. The third-order valence-electron chi connectivity index (χ3n) is 5.92. The molecule has 0 aromatic heterocycles. The molecule has 1 aliphatic heterocycles. The van der Waals surface area contributed by atoms with E-state index in [0.29, 0.717) is 30.3 Å². The van der Waals surface area contributed by atoms with Gasteiger partial charge in [-0.3, -0.25) is 4.79 Å². The van der Waals surface area contributed by atoms with Crippen molar-refractivity contribution in [1.82, 2.24) is 4.90 Å². The first-order valence-electron chi connectivity index (χ1n) is 9.39. The zero-order valence-corrected chi connectivity index (χ0v) is 15.3. The number of nitrogens with zero attached hydrogens (tertiary/aromatic N) is 1. The molecule has 0 aromatic rings. The van der Waals surface area contributed by atoms with Gasteiger partial charge in [0.1, 0.15) is 5.78 Å². The van der Waals surface area contributed by atoms with Crippen LogP contribution in [0.2, 0.25) is 0 Å². The fourth-order valence-corrected chi connectivity index (χ4v) is 4.18. The number of piperidine rings is 1. The second kappa shape index (κ2) is 9.14. The van der Waals surface area contributed by atoms with Gasteiger partial charge in [0, 0.05) is 25.5 Å². The summed E-state index contributed by atoms with van der Waals surface area (Å²) in [7, 11) is 1.71. The summed E-state index contributed by atoms with van der Waals surface area (Å²) in [4.78, 5) is 14.7. The highest BCUT2D eigenvalue weighted by Gasteiger charge is 2.39. The quantitative estimate of drug-likeness (QED) is 0.643. The average molecular weight is 325 g/mol. The fraction of sp³-hybridized carbons (Fsp3) is 0.947. The zero-order valence-electron chi connectivity index (χ0n) is 15.3. The molecule has 2 rings (SSSR count). The molecule has 0 radical (unpaired) electrons. The lowest BCUT2D eigenvalue weighted by atomic mass is 9.64. The van der Waals surface area contributed by atoms with Crippen LogP contribution in [0.3, 0.4) is 0 Å². The van der Waals surface area contributed by atoms with Crippen LogP contribution >= 0.6 is 0 Å². The monoisotopic (exact) mass is 325 g/mol. The molecule has 2 fully saturated rings. The van der Waals surface area contributed by atoms with Crippen LogP contribution in [0.4, 0.5) is 0 Å². The maximum absolute atomic E-state index is 12.2. The minimum absolute atomic E-state index is 0.203. The van der Waals surface area contributed by atoms with Gasteiger partial charge in [0.25, 0.3) is 0 Å². The Bertz CT molecular complexity index is 352. The number of methoxy groups -OCH3 is 1. The number of ketones is 1. The predicted octanol–water partition coefficient (Wildman–Crippen LogP) is 3.15. The summed E-state index contributed by atoms with van der Waals surface area (Å²) < 4.78 is 10.6. The lowest BCUT2D eigenvalue weighted by Gasteiger charge is -2.46. The number of carbonyl (C=O) groups excluding carboxylic acids is 1. The molecule has 1 saturated carbocycles. The van der Waals surface area contributed by atoms with Crippen molar-refractivity contribution in [3.63, 3.8) is 0 Å². The maximum atomic E-state index is 12.2. The van der Waals surface area contributed by atoms with E-state index >= 15 is 0 Å². The van der Waals surface area contributed by atoms with Crippen molar-refractivity contribution in [3.8, 4) is 0 Å². The zero-order chi connectivity index (χ0) is 16.7. The largest absolute Gasteiger partial charge is 0.382 e. The van der Waals surface area contributed by atoms with Crippen molar-refractivity contribution in [2.75, 3.05) is 46.6 Å². The van der Waals surface area contributed by atoms with Gasteiger partial charge < -0.3 is 14.4 Å². The van der Waals surface area contributed by atoms with Gasteiger partial charge in [-0.15, -0.1) is 0 Å². The second-order valence-electron chi connectivity index (χ2n) is 7.78. The highest BCUT2D eigenvalue weighted by Crippen LogP contribution is 2.46. The number of carbonyl (C=O) groups is 1. The predicted molar refractivity (Wildman–Crippen MR) is 92.6 cm³/mol. The molecule has 1 aliphatic carbocycles. The van der Waals surface area contributed by atoms with E-state index in [1.54, 1.807) is 7.11 Å². The first kappa shape index (κ1) is 18.9. The normalized spacial score (nSPS) is 22.8. The number of Topliss-reactive ketones (excluding diaryl/α,β-unsaturated/α-hetero) is 1. The van der Waals surface area contributed by atoms with Gasteiger partial charge in [0.05, 0.1) is 19.8 Å². The summed E-state index contributed by atoms with van der Waals surface area (Å²) >= 11 is 0. The van der Waals surface area contributed by atoms with Crippen LogP contribution in [0, 0.1) is 17.3 Å². The first-order chi connectivity index (χ1) is 11.1. The van der Waals surface area contributed by atoms with E-state index in [0.717, 1.165) is 26.0 Å². The van der Waals surface area contributed by atoms with Crippen LogP contribution in [0.25, 0.3) is 0 Å². The van der Waals surface area contributed by atoms with Gasteiger partial charge >= 0.3 is 0 Å². The third-order valence-corrected chi connectivity index (χ3v) is 5.92. The molecule has 0 bridgehead atoms. The molecule has 0 unspecified atom stereocenters. The Hall–Kier alpha value is -0.450. The summed E-state index contributed by atoms with van der Waals surface area (Å²) in [5.41, 5.74) is 0.529. The minimum Gasteiger partial charge on any atom is -0.382 e. The van der Waals surface area contributed by atoms with Gasteiger partial charge in [-0.1, -0.05) is 13.8 Å². The van der Waals surface area contributed by atoms with Crippen molar-refractivity contribution in [1.29, 1.82) is 0 Å². The molecule has 0 atom stereocenters. The van der Waals surface area contributed by atoms with Crippen molar-refractivity contribution >= 4 is 5.78 Å². The molecule has 0 aromatic carbocycles. The summed E-state index contributed by atoms with van der Waals surface area (Å²) in [6.45, 7) is 9.68. The van der Waals surface area contributed by atoms with Crippen LogP contribution in [0.15, 0.2) is 0 Å². The molecule has 4 nitrogen and oxygen atoms in total. The molecular formula is C19H35NO3. The topological polar surface area (TPSA) is 38.8 Å². The Morgan fingerprint density at radius 2 is 1.74 bits per heavy atom. The molecule has 2 aliphatic rings. The Balaban J connectivity index is 1.65. The first-order valence-corrected chi connectivity index (χ1v) is 9.39. The number of ether oxygens (including phenoxy) is 2. The standard InChI is InChI=1S/C19H35NO3/c1-16(2)18(21)17-4-6-19(7-5-17)8-10-20(11-9-19)12-13-23-15-14-22-3/h16-17H,4-15H2,1-3H3. The number of likely N-dealkylation sites (tertiary alicyclic amines) is 1. The van der Waals surface area contributed by atoms with E-state index < -0.39 is 0 Å². The molecular weight excluding hydrogens is 290 g/mol. The summed E-state index contributed by atoms with van der Waals surface area (Å²) in [5, 5.41) is 0. The van der Waals surface area contributed by atoms with E-state index in [9.17, 15) is 4.79 Å². The SMILES string of the molecule is COCCOCCN1CCC2(CCC(C(=O)C(C)C)CC2)CC1. The molecule has 23 heavy (non-hydrogen) atoms. The van der Waals surface area contributed by atoms with Crippen LogP contribution in [-0.4, -0.2) is 57.2 Å². The van der Waals surface area contributed by atoms with Gasteiger partial charge in [0.2, 0.25) is 0 Å². The summed E-state index contributed by atoms with van der Waals surface area (Å²) in [5.74, 6) is 1.03. The number of hydrogen-bond donors (Lipinski definition) is 0. The molecule has 1 heterocycles. The highest BCUT2D eigenvalue weighted by molar-refractivity contribution is 5.82. The van der Waals surface area contributed by atoms with Crippen LogP contribution in [0.1, 0.15) is 52.4 Å². The van der Waals surface area contributed by atoms with Crippen LogP contribution in [0.5, 0.6) is 0 Å². The van der Waals surface area contributed by atoms with Crippen LogP contribution in [-0.2, 0) is 14.3 Å². The van der Waals surface area contributed by atoms with Crippen molar-refractivity contribution < 1.29 is 14.3 Å². The lowest BCUT2D eigenvalue weighted by molar-refractivity contribution is -0.128. The van der Waals surface area contributed by atoms with Crippen molar-refractivity contribution in [3.05, 3.63) is 0 Å². The van der Waals surface area contributed by atoms with Gasteiger partial charge in [0.15, 0.2) is 0 Å². The van der Waals surface area contributed by atoms with Crippen LogP contribution < -0.4 is 0 Å². The lowest BCUT2D eigenvalue weighted by Crippen LogP contribution is -2.43. The van der Waals surface area contributed by atoms with E-state index in [1.807, 2.05) is 13.8 Å². The number of rotatable bonds is 8. The highest BCUT2D eigenvalue weighted by atomic mass is 16.5. The smallest absolute Gasteiger partial charge is 0.138 e. The summed E-state index contributed by atoms with van der Waals surface area (Å²) in [6.07, 6.45) is 7.36.